The Morgan fingerprint density at radius 3 is 2.24 bits per heavy atom. The number of hydrogen-bond donors (Lipinski definition) is 4. The lowest BCUT2D eigenvalue weighted by molar-refractivity contribution is 0.0883. The van der Waals surface area contributed by atoms with Gasteiger partial charge in [0.05, 0.1) is 16.1 Å². The van der Waals surface area contributed by atoms with Crippen molar-refractivity contribution in [2.75, 3.05) is 11.9 Å². The van der Waals surface area contributed by atoms with Gasteiger partial charge in [0.25, 0.3) is 5.91 Å². The molecule has 140 valence electrons. The van der Waals surface area contributed by atoms with Gasteiger partial charge in [-0.05, 0) is 51.8 Å². The number of rotatable bonds is 5. The number of nitrogens with two attached hydrogens (primary N) is 1. The van der Waals surface area contributed by atoms with Crippen LogP contribution in [0.1, 0.15) is 51.9 Å². The maximum absolute atomic E-state index is 12.6. The number of hydrogen-bond acceptors (Lipinski definition) is 3. The van der Waals surface area contributed by atoms with E-state index < -0.39 is 5.54 Å². The number of anilines is 1. The zero-order valence-electron chi connectivity index (χ0n) is 15.8. The van der Waals surface area contributed by atoms with Gasteiger partial charge in [0, 0.05) is 17.8 Å². The van der Waals surface area contributed by atoms with Crippen molar-refractivity contribution in [1.82, 2.24) is 10.6 Å². The Kier molecular flexibility index (Phi) is 6.85. The molecule has 0 saturated carbocycles. The third-order valence-electron chi connectivity index (χ3n) is 4.05. The minimum absolute atomic E-state index is 0.152. The highest BCUT2D eigenvalue weighted by Crippen LogP contribution is 2.23. The van der Waals surface area contributed by atoms with Gasteiger partial charge in [-0.3, -0.25) is 4.79 Å². The van der Waals surface area contributed by atoms with Crippen molar-refractivity contribution in [3.63, 3.8) is 0 Å². The van der Waals surface area contributed by atoms with Gasteiger partial charge in [-0.2, -0.15) is 0 Å². The van der Waals surface area contributed by atoms with Crippen molar-refractivity contribution < 1.29 is 9.59 Å². The third kappa shape index (κ3) is 6.21. The fraction of sp³-hybridized carbons (Fsp3) is 0.556. The lowest BCUT2D eigenvalue weighted by atomic mass is 9.88. The van der Waals surface area contributed by atoms with E-state index in [0.717, 1.165) is 0 Å². The number of amides is 3. The number of benzene rings is 1. The molecule has 25 heavy (non-hydrogen) atoms. The monoisotopic (exact) mass is 368 g/mol. The second-order valence-electron chi connectivity index (χ2n) is 7.75. The van der Waals surface area contributed by atoms with E-state index >= 15 is 0 Å². The van der Waals surface area contributed by atoms with E-state index in [4.69, 9.17) is 17.3 Å². The first kappa shape index (κ1) is 21.3. The lowest BCUT2D eigenvalue weighted by Gasteiger charge is -2.33. The minimum Gasteiger partial charge on any atom is -0.345 e. The maximum Gasteiger partial charge on any atom is 0.319 e. The second kappa shape index (κ2) is 8.06. The van der Waals surface area contributed by atoms with Crippen molar-refractivity contribution >= 4 is 29.2 Å². The zero-order chi connectivity index (χ0) is 19.4. The van der Waals surface area contributed by atoms with Crippen LogP contribution in [0.5, 0.6) is 0 Å². The van der Waals surface area contributed by atoms with Crippen LogP contribution in [-0.2, 0) is 0 Å². The van der Waals surface area contributed by atoms with Gasteiger partial charge in [0.2, 0.25) is 0 Å². The summed E-state index contributed by atoms with van der Waals surface area (Å²) >= 11 is 6.17. The molecule has 5 N–H and O–H groups in total. The molecule has 0 aromatic heterocycles. The van der Waals surface area contributed by atoms with Crippen LogP contribution in [-0.4, -0.2) is 29.6 Å². The predicted molar refractivity (Wildman–Crippen MR) is 103 cm³/mol. The topological polar surface area (TPSA) is 96.2 Å². The Bertz CT molecular complexity index is 640. The molecule has 1 atom stereocenters. The smallest absolute Gasteiger partial charge is 0.319 e. The minimum atomic E-state index is -0.548. The summed E-state index contributed by atoms with van der Waals surface area (Å²) in [5, 5.41) is 8.75. The molecule has 0 fully saturated rings. The van der Waals surface area contributed by atoms with E-state index in [1.165, 1.54) is 0 Å². The van der Waals surface area contributed by atoms with Crippen LogP contribution in [0.4, 0.5) is 10.5 Å². The molecule has 1 aromatic rings. The zero-order valence-corrected chi connectivity index (χ0v) is 16.5. The average molecular weight is 369 g/mol. The molecule has 0 aliphatic rings. The highest BCUT2D eigenvalue weighted by Gasteiger charge is 2.29. The number of carbonyl (C=O) groups is 2. The standard InChI is InChI=1S/C18H29ClN4O2/c1-11(2)18(6,10-20)22-15(24)13-9-12(7-8-14(13)19)21-16(25)23-17(3,4)5/h7-9,11H,10,20H2,1-6H3,(H,22,24)(H2,21,23,25). The van der Waals surface area contributed by atoms with Gasteiger partial charge in [-0.1, -0.05) is 25.4 Å². The molecule has 0 heterocycles. The van der Waals surface area contributed by atoms with Gasteiger partial charge in [-0.15, -0.1) is 0 Å². The Morgan fingerprint density at radius 2 is 1.76 bits per heavy atom. The average Bonchev–Trinajstić information content (AvgIpc) is 2.46. The summed E-state index contributed by atoms with van der Waals surface area (Å²) in [6.45, 7) is 11.8. The number of nitrogens with one attached hydrogen (secondary N) is 3. The predicted octanol–water partition coefficient (Wildman–Crippen LogP) is 3.36. The molecule has 1 aromatic carbocycles. The van der Waals surface area contributed by atoms with Crippen LogP contribution >= 0.6 is 11.6 Å². The fourth-order valence-corrected chi connectivity index (χ4v) is 2.24. The number of halogens is 1. The Balaban J connectivity index is 2.98. The van der Waals surface area contributed by atoms with E-state index in [1.54, 1.807) is 18.2 Å². The molecular formula is C18H29ClN4O2. The molecule has 0 spiro atoms. The summed E-state index contributed by atoms with van der Waals surface area (Å²) in [4.78, 5) is 24.6. The lowest BCUT2D eigenvalue weighted by Crippen LogP contribution is -2.55. The fourth-order valence-electron chi connectivity index (χ4n) is 2.04. The molecule has 7 heteroatoms. The van der Waals surface area contributed by atoms with Gasteiger partial charge >= 0.3 is 6.03 Å². The molecule has 0 radical (unpaired) electrons. The van der Waals surface area contributed by atoms with Crippen LogP contribution in [0.25, 0.3) is 0 Å². The van der Waals surface area contributed by atoms with Crippen molar-refractivity contribution in [1.29, 1.82) is 0 Å². The van der Waals surface area contributed by atoms with Gasteiger partial charge in [0.15, 0.2) is 0 Å². The quantitative estimate of drug-likeness (QED) is 0.641. The maximum atomic E-state index is 12.6. The summed E-state index contributed by atoms with van der Waals surface area (Å²) in [6, 6.07) is 4.43. The SMILES string of the molecule is CC(C)C(C)(CN)NC(=O)c1cc(NC(=O)NC(C)(C)C)ccc1Cl. The first-order chi connectivity index (χ1) is 11.4. The molecular weight excluding hydrogens is 340 g/mol. The number of carbonyl (C=O) groups excluding carboxylic acids is 2. The summed E-state index contributed by atoms with van der Waals surface area (Å²) in [5.41, 5.74) is 5.67. The summed E-state index contributed by atoms with van der Waals surface area (Å²) in [6.07, 6.45) is 0. The Morgan fingerprint density at radius 1 is 1.16 bits per heavy atom. The van der Waals surface area contributed by atoms with Crippen LogP contribution in [0.15, 0.2) is 18.2 Å². The van der Waals surface area contributed by atoms with E-state index in [0.29, 0.717) is 17.3 Å². The first-order valence-electron chi connectivity index (χ1n) is 8.29. The second-order valence-corrected chi connectivity index (χ2v) is 8.16. The van der Waals surface area contributed by atoms with E-state index in [-0.39, 0.29) is 29.0 Å². The summed E-state index contributed by atoms with van der Waals surface area (Å²) in [7, 11) is 0. The molecule has 0 aliphatic heterocycles. The van der Waals surface area contributed by atoms with Gasteiger partial charge < -0.3 is 21.7 Å². The van der Waals surface area contributed by atoms with Crippen molar-refractivity contribution in [3.8, 4) is 0 Å². The molecule has 0 saturated heterocycles. The summed E-state index contributed by atoms with van der Waals surface area (Å²) < 4.78 is 0. The first-order valence-corrected chi connectivity index (χ1v) is 8.67. The third-order valence-corrected chi connectivity index (χ3v) is 4.38. The molecule has 6 nitrogen and oxygen atoms in total. The Labute approximate surface area is 154 Å². The highest BCUT2D eigenvalue weighted by atomic mass is 35.5. The van der Waals surface area contributed by atoms with Crippen molar-refractivity contribution in [2.24, 2.45) is 11.7 Å². The number of urea groups is 1. The van der Waals surface area contributed by atoms with Crippen molar-refractivity contribution in [2.45, 2.75) is 52.6 Å². The highest BCUT2D eigenvalue weighted by molar-refractivity contribution is 6.34. The molecule has 0 aliphatic carbocycles. The Hall–Kier alpha value is -1.79. The van der Waals surface area contributed by atoms with Crippen LogP contribution in [0, 0.1) is 5.92 Å². The molecule has 1 unspecified atom stereocenters. The molecule has 0 bridgehead atoms. The van der Waals surface area contributed by atoms with Gasteiger partial charge in [0.1, 0.15) is 0 Å². The molecule has 3 amide bonds. The van der Waals surface area contributed by atoms with Crippen LogP contribution < -0.4 is 21.7 Å². The normalized spacial score (nSPS) is 14.0. The van der Waals surface area contributed by atoms with E-state index in [1.807, 2.05) is 41.5 Å². The summed E-state index contributed by atoms with van der Waals surface area (Å²) in [5.74, 6) is -0.175. The molecule has 1 rings (SSSR count). The van der Waals surface area contributed by atoms with Crippen LogP contribution in [0.3, 0.4) is 0 Å². The van der Waals surface area contributed by atoms with Gasteiger partial charge in [-0.25, -0.2) is 4.79 Å². The largest absolute Gasteiger partial charge is 0.345 e. The van der Waals surface area contributed by atoms with E-state index in [2.05, 4.69) is 16.0 Å². The van der Waals surface area contributed by atoms with Crippen LogP contribution in [0.2, 0.25) is 5.02 Å². The van der Waals surface area contributed by atoms with Crippen molar-refractivity contribution in [3.05, 3.63) is 28.8 Å². The van der Waals surface area contributed by atoms with E-state index in [9.17, 15) is 9.59 Å².